The predicted molar refractivity (Wildman–Crippen MR) is 93.3 cm³/mol. The highest BCUT2D eigenvalue weighted by Gasteiger charge is 2.25. The van der Waals surface area contributed by atoms with E-state index in [1.807, 2.05) is 26.0 Å². The van der Waals surface area contributed by atoms with Gasteiger partial charge in [0.1, 0.15) is 0 Å². The lowest BCUT2D eigenvalue weighted by Crippen LogP contribution is -2.42. The SMILES string of the molecule is Cc1ccc(C(=O)NC2CCN(CCN3CCOCC3)C2)c(C)n1. The molecule has 0 aliphatic carbocycles. The summed E-state index contributed by atoms with van der Waals surface area (Å²) in [5, 5.41) is 3.17. The molecule has 1 unspecified atom stereocenters. The van der Waals surface area contributed by atoms with Crippen molar-refractivity contribution < 1.29 is 9.53 Å². The lowest BCUT2D eigenvalue weighted by atomic mass is 10.1. The minimum absolute atomic E-state index is 0.0000271. The van der Waals surface area contributed by atoms with E-state index in [4.69, 9.17) is 4.74 Å². The summed E-state index contributed by atoms with van der Waals surface area (Å²) in [6, 6.07) is 4.01. The Morgan fingerprint density at radius 3 is 2.71 bits per heavy atom. The number of carbonyl (C=O) groups is 1. The van der Waals surface area contributed by atoms with Crippen LogP contribution in [0.15, 0.2) is 12.1 Å². The van der Waals surface area contributed by atoms with Crippen LogP contribution in [0.5, 0.6) is 0 Å². The molecule has 6 heteroatoms. The Morgan fingerprint density at radius 1 is 1.21 bits per heavy atom. The van der Waals surface area contributed by atoms with Gasteiger partial charge in [-0.15, -0.1) is 0 Å². The average molecular weight is 332 g/mol. The lowest BCUT2D eigenvalue weighted by Gasteiger charge is -2.28. The molecular weight excluding hydrogens is 304 g/mol. The van der Waals surface area contributed by atoms with Gasteiger partial charge in [-0.25, -0.2) is 0 Å². The van der Waals surface area contributed by atoms with Gasteiger partial charge in [0.25, 0.3) is 5.91 Å². The van der Waals surface area contributed by atoms with Crippen molar-refractivity contribution >= 4 is 5.91 Å². The molecule has 2 aliphatic rings. The lowest BCUT2D eigenvalue weighted by molar-refractivity contribution is 0.0343. The summed E-state index contributed by atoms with van der Waals surface area (Å²) >= 11 is 0. The normalized spacial score (nSPS) is 22.7. The van der Waals surface area contributed by atoms with Crippen molar-refractivity contribution in [2.45, 2.75) is 26.3 Å². The van der Waals surface area contributed by atoms with Crippen LogP contribution in [-0.2, 0) is 4.74 Å². The number of rotatable bonds is 5. The first kappa shape index (κ1) is 17.3. The zero-order valence-electron chi connectivity index (χ0n) is 14.8. The van der Waals surface area contributed by atoms with Crippen LogP contribution in [0.2, 0.25) is 0 Å². The molecule has 1 atom stereocenters. The molecule has 0 aromatic carbocycles. The number of likely N-dealkylation sites (tertiary alicyclic amines) is 1. The van der Waals surface area contributed by atoms with Crippen LogP contribution in [0.1, 0.15) is 28.2 Å². The maximum atomic E-state index is 12.5. The summed E-state index contributed by atoms with van der Waals surface area (Å²) in [4.78, 5) is 21.7. The fourth-order valence-corrected chi connectivity index (χ4v) is 3.45. The van der Waals surface area contributed by atoms with Crippen molar-refractivity contribution in [1.29, 1.82) is 0 Å². The van der Waals surface area contributed by atoms with Crippen molar-refractivity contribution in [1.82, 2.24) is 20.1 Å². The third kappa shape index (κ3) is 4.53. The number of nitrogens with zero attached hydrogens (tertiary/aromatic N) is 3. The van der Waals surface area contributed by atoms with E-state index in [1.165, 1.54) is 0 Å². The Kier molecular flexibility index (Phi) is 5.81. The van der Waals surface area contributed by atoms with Crippen LogP contribution in [0.3, 0.4) is 0 Å². The molecule has 24 heavy (non-hydrogen) atoms. The minimum Gasteiger partial charge on any atom is -0.379 e. The van der Waals surface area contributed by atoms with Gasteiger partial charge >= 0.3 is 0 Å². The second-order valence-electron chi connectivity index (χ2n) is 6.80. The fraction of sp³-hybridized carbons (Fsp3) is 0.667. The quantitative estimate of drug-likeness (QED) is 0.866. The van der Waals surface area contributed by atoms with Crippen molar-refractivity contribution in [2.75, 3.05) is 52.5 Å². The molecule has 2 aliphatic heterocycles. The number of ether oxygens (including phenoxy) is 1. The van der Waals surface area contributed by atoms with Crippen LogP contribution in [0.4, 0.5) is 0 Å². The molecule has 1 aromatic heterocycles. The van der Waals surface area contributed by atoms with Gasteiger partial charge in [0.2, 0.25) is 0 Å². The van der Waals surface area contributed by atoms with E-state index < -0.39 is 0 Å². The number of aryl methyl sites for hydroxylation is 2. The molecule has 132 valence electrons. The molecule has 6 nitrogen and oxygen atoms in total. The third-order valence-electron chi connectivity index (χ3n) is 4.91. The number of pyridine rings is 1. The summed E-state index contributed by atoms with van der Waals surface area (Å²) < 4.78 is 5.38. The molecule has 0 saturated carbocycles. The van der Waals surface area contributed by atoms with Crippen LogP contribution < -0.4 is 5.32 Å². The minimum atomic E-state index is 0.0000271. The number of hydrogen-bond acceptors (Lipinski definition) is 5. The molecule has 2 saturated heterocycles. The predicted octanol–water partition coefficient (Wildman–Crippen LogP) is 0.835. The molecular formula is C18H28N4O2. The van der Waals surface area contributed by atoms with Crippen molar-refractivity contribution in [2.24, 2.45) is 0 Å². The summed E-state index contributed by atoms with van der Waals surface area (Å²) in [5.41, 5.74) is 2.43. The average Bonchev–Trinajstić information content (AvgIpc) is 3.01. The van der Waals surface area contributed by atoms with Gasteiger partial charge in [-0.05, 0) is 32.4 Å². The van der Waals surface area contributed by atoms with E-state index >= 15 is 0 Å². The molecule has 3 rings (SSSR count). The highest BCUT2D eigenvalue weighted by molar-refractivity contribution is 5.95. The third-order valence-corrected chi connectivity index (χ3v) is 4.91. The molecule has 1 amide bonds. The largest absolute Gasteiger partial charge is 0.379 e. The summed E-state index contributed by atoms with van der Waals surface area (Å²) in [5.74, 6) is 0.0000271. The van der Waals surface area contributed by atoms with Crippen LogP contribution in [0.25, 0.3) is 0 Å². The van der Waals surface area contributed by atoms with Crippen molar-refractivity contribution in [3.05, 3.63) is 29.1 Å². The van der Waals surface area contributed by atoms with Crippen LogP contribution in [-0.4, -0.2) is 79.2 Å². The fourth-order valence-electron chi connectivity index (χ4n) is 3.45. The molecule has 2 fully saturated rings. The Balaban J connectivity index is 1.44. The Morgan fingerprint density at radius 2 is 1.96 bits per heavy atom. The van der Waals surface area contributed by atoms with Crippen LogP contribution in [0, 0.1) is 13.8 Å². The van der Waals surface area contributed by atoms with Crippen molar-refractivity contribution in [3.63, 3.8) is 0 Å². The number of carbonyl (C=O) groups excluding carboxylic acids is 1. The zero-order chi connectivity index (χ0) is 16.9. The molecule has 3 heterocycles. The van der Waals surface area contributed by atoms with Gasteiger partial charge in [0.05, 0.1) is 24.5 Å². The number of hydrogen-bond donors (Lipinski definition) is 1. The Bertz CT molecular complexity index is 572. The number of aromatic nitrogens is 1. The Hall–Kier alpha value is -1.50. The topological polar surface area (TPSA) is 57.7 Å². The van der Waals surface area contributed by atoms with Gasteiger partial charge in [0, 0.05) is 51.0 Å². The highest BCUT2D eigenvalue weighted by atomic mass is 16.5. The summed E-state index contributed by atoms with van der Waals surface area (Å²) in [6.07, 6.45) is 1.02. The molecule has 1 aromatic rings. The first-order chi connectivity index (χ1) is 11.6. The van der Waals surface area contributed by atoms with Crippen molar-refractivity contribution in [3.8, 4) is 0 Å². The second-order valence-corrected chi connectivity index (χ2v) is 6.80. The maximum absolute atomic E-state index is 12.5. The smallest absolute Gasteiger partial charge is 0.253 e. The summed E-state index contributed by atoms with van der Waals surface area (Å²) in [7, 11) is 0. The monoisotopic (exact) mass is 332 g/mol. The van der Waals surface area contributed by atoms with Gasteiger partial charge < -0.3 is 10.1 Å². The second kappa shape index (κ2) is 8.05. The molecule has 0 spiro atoms. The van der Waals surface area contributed by atoms with E-state index in [2.05, 4.69) is 20.1 Å². The van der Waals surface area contributed by atoms with E-state index in [0.717, 1.165) is 70.3 Å². The number of amides is 1. The van der Waals surface area contributed by atoms with E-state index in [9.17, 15) is 4.79 Å². The van der Waals surface area contributed by atoms with Gasteiger partial charge in [-0.2, -0.15) is 0 Å². The molecule has 0 bridgehead atoms. The van der Waals surface area contributed by atoms with Gasteiger partial charge in [-0.1, -0.05) is 0 Å². The standard InChI is InChI=1S/C18H28N4O2/c1-14-3-4-17(15(2)19-14)18(23)20-16-5-6-22(13-16)8-7-21-9-11-24-12-10-21/h3-4,16H,5-13H2,1-2H3,(H,20,23). The Labute approximate surface area is 144 Å². The van der Waals surface area contributed by atoms with Gasteiger partial charge in [0.15, 0.2) is 0 Å². The van der Waals surface area contributed by atoms with E-state index in [1.54, 1.807) is 0 Å². The highest BCUT2D eigenvalue weighted by Crippen LogP contribution is 2.12. The first-order valence-electron chi connectivity index (χ1n) is 8.89. The zero-order valence-corrected chi connectivity index (χ0v) is 14.8. The molecule has 0 radical (unpaired) electrons. The number of nitrogens with one attached hydrogen (secondary N) is 1. The van der Waals surface area contributed by atoms with E-state index in [-0.39, 0.29) is 11.9 Å². The van der Waals surface area contributed by atoms with Crippen LogP contribution >= 0.6 is 0 Å². The number of morpholine rings is 1. The summed E-state index contributed by atoms with van der Waals surface area (Å²) in [6.45, 7) is 11.8. The maximum Gasteiger partial charge on any atom is 0.253 e. The van der Waals surface area contributed by atoms with Gasteiger partial charge in [-0.3, -0.25) is 19.6 Å². The first-order valence-corrected chi connectivity index (χ1v) is 8.89. The van der Waals surface area contributed by atoms with E-state index in [0.29, 0.717) is 5.56 Å². The molecule has 1 N–H and O–H groups in total.